The predicted molar refractivity (Wildman–Crippen MR) is 118 cm³/mol. The summed E-state index contributed by atoms with van der Waals surface area (Å²) in [6.07, 6.45) is 1.43. The minimum atomic E-state index is -0.185. The van der Waals surface area contributed by atoms with Crippen molar-refractivity contribution in [3.05, 3.63) is 59.7 Å². The van der Waals surface area contributed by atoms with E-state index >= 15 is 0 Å². The Bertz CT molecular complexity index is 826. The number of nitrogens with zero attached hydrogens (tertiary/aromatic N) is 1. The summed E-state index contributed by atoms with van der Waals surface area (Å²) < 4.78 is 12.0. The summed E-state index contributed by atoms with van der Waals surface area (Å²) in [4.78, 5) is 14.6. The van der Waals surface area contributed by atoms with Gasteiger partial charge in [0, 0.05) is 6.54 Å². The second-order valence-corrected chi connectivity index (χ2v) is 8.29. The molecule has 1 aliphatic rings. The van der Waals surface area contributed by atoms with Crippen molar-refractivity contribution in [3.8, 4) is 11.5 Å². The van der Waals surface area contributed by atoms with Gasteiger partial charge >= 0.3 is 0 Å². The molecular formula is C22H25NO3S2. The highest BCUT2D eigenvalue weighted by Crippen LogP contribution is 2.33. The third-order valence-electron chi connectivity index (χ3n) is 4.50. The quantitative estimate of drug-likeness (QED) is 0.564. The van der Waals surface area contributed by atoms with Crippen LogP contribution in [0.3, 0.4) is 0 Å². The summed E-state index contributed by atoms with van der Waals surface area (Å²) in [5.74, 6) is 1.55. The van der Waals surface area contributed by atoms with Crippen molar-refractivity contribution >= 4 is 34.2 Å². The molecule has 2 aromatic carbocycles. The maximum Gasteiger partial charge on any atom is 0.241 e. The Morgan fingerprint density at radius 2 is 1.71 bits per heavy atom. The molecule has 0 bridgehead atoms. The lowest BCUT2D eigenvalue weighted by molar-refractivity contribution is -0.126. The molecule has 148 valence electrons. The third-order valence-corrected chi connectivity index (χ3v) is 6.08. The van der Waals surface area contributed by atoms with E-state index in [1.54, 1.807) is 4.90 Å². The van der Waals surface area contributed by atoms with E-state index in [2.05, 4.69) is 12.1 Å². The van der Waals surface area contributed by atoms with Crippen molar-refractivity contribution in [2.24, 2.45) is 0 Å². The van der Waals surface area contributed by atoms with Crippen LogP contribution in [-0.2, 0) is 17.6 Å². The van der Waals surface area contributed by atoms with E-state index in [1.165, 1.54) is 17.3 Å². The van der Waals surface area contributed by atoms with Crippen molar-refractivity contribution in [1.82, 2.24) is 4.90 Å². The molecule has 28 heavy (non-hydrogen) atoms. The van der Waals surface area contributed by atoms with Crippen LogP contribution in [0.1, 0.15) is 25.0 Å². The number of hydrogen-bond donors (Lipinski definition) is 0. The Balaban J connectivity index is 1.65. The highest BCUT2D eigenvalue weighted by molar-refractivity contribution is 8.24. The van der Waals surface area contributed by atoms with E-state index in [9.17, 15) is 4.79 Å². The summed E-state index contributed by atoms with van der Waals surface area (Å²) in [6, 6.07) is 16.0. The Morgan fingerprint density at radius 1 is 1.00 bits per heavy atom. The van der Waals surface area contributed by atoms with E-state index < -0.39 is 0 Å². The molecule has 4 nitrogen and oxygen atoms in total. The highest BCUT2D eigenvalue weighted by Gasteiger charge is 2.36. The van der Waals surface area contributed by atoms with Gasteiger partial charge in [0.15, 0.2) is 11.5 Å². The minimum Gasteiger partial charge on any atom is -0.490 e. The SMILES string of the molecule is CCOc1ccc(C[C@@H]2SC(=S)N(CCc3ccccc3)C2=O)cc1OCC. The van der Waals surface area contributed by atoms with Gasteiger partial charge in [0.05, 0.1) is 18.5 Å². The molecule has 0 saturated carbocycles. The van der Waals surface area contributed by atoms with Crippen LogP contribution in [0.4, 0.5) is 0 Å². The van der Waals surface area contributed by atoms with E-state index in [4.69, 9.17) is 21.7 Å². The molecular weight excluding hydrogens is 390 g/mol. The predicted octanol–water partition coefficient (Wildman–Crippen LogP) is 4.50. The molecule has 1 saturated heterocycles. The van der Waals surface area contributed by atoms with Crippen LogP contribution in [0.2, 0.25) is 0 Å². The molecule has 0 aliphatic carbocycles. The van der Waals surface area contributed by atoms with Gasteiger partial charge in [0.25, 0.3) is 0 Å². The van der Waals surface area contributed by atoms with Crippen molar-refractivity contribution in [2.75, 3.05) is 19.8 Å². The molecule has 1 aliphatic heterocycles. The van der Waals surface area contributed by atoms with Gasteiger partial charge in [-0.3, -0.25) is 9.69 Å². The summed E-state index contributed by atoms with van der Waals surface area (Å²) in [5.41, 5.74) is 2.25. The maximum absolute atomic E-state index is 12.9. The van der Waals surface area contributed by atoms with E-state index in [0.717, 1.165) is 23.5 Å². The second-order valence-electron chi connectivity index (χ2n) is 6.45. The molecule has 0 unspecified atom stereocenters. The average molecular weight is 416 g/mol. The van der Waals surface area contributed by atoms with Crippen LogP contribution in [0.15, 0.2) is 48.5 Å². The lowest BCUT2D eigenvalue weighted by Crippen LogP contribution is -2.33. The van der Waals surface area contributed by atoms with E-state index in [1.807, 2.05) is 50.2 Å². The first kappa shape index (κ1) is 20.7. The van der Waals surface area contributed by atoms with Crippen LogP contribution in [0.25, 0.3) is 0 Å². The molecule has 1 heterocycles. The maximum atomic E-state index is 12.9. The number of ether oxygens (including phenoxy) is 2. The zero-order valence-corrected chi connectivity index (χ0v) is 17.9. The molecule has 1 fully saturated rings. The fraction of sp³-hybridized carbons (Fsp3) is 0.364. The molecule has 0 radical (unpaired) electrons. The molecule has 3 rings (SSSR count). The normalized spacial score (nSPS) is 16.5. The van der Waals surface area contributed by atoms with E-state index in [0.29, 0.717) is 30.5 Å². The van der Waals surface area contributed by atoms with Gasteiger partial charge in [-0.1, -0.05) is 60.4 Å². The van der Waals surface area contributed by atoms with Gasteiger partial charge in [-0.15, -0.1) is 0 Å². The second kappa shape index (κ2) is 9.94. The number of rotatable bonds is 9. The van der Waals surface area contributed by atoms with Crippen LogP contribution in [-0.4, -0.2) is 40.1 Å². The van der Waals surface area contributed by atoms with Crippen molar-refractivity contribution in [3.63, 3.8) is 0 Å². The first-order chi connectivity index (χ1) is 13.6. The smallest absolute Gasteiger partial charge is 0.241 e. The zero-order chi connectivity index (χ0) is 19.9. The molecule has 1 atom stereocenters. The first-order valence-electron chi connectivity index (χ1n) is 9.56. The summed E-state index contributed by atoms with van der Waals surface area (Å²) in [7, 11) is 0. The fourth-order valence-corrected chi connectivity index (χ4v) is 4.74. The highest BCUT2D eigenvalue weighted by atomic mass is 32.2. The molecule has 0 N–H and O–H groups in total. The zero-order valence-electron chi connectivity index (χ0n) is 16.2. The summed E-state index contributed by atoms with van der Waals surface area (Å²) in [5, 5.41) is -0.185. The van der Waals surface area contributed by atoms with E-state index in [-0.39, 0.29) is 11.2 Å². The number of carbonyl (C=O) groups is 1. The van der Waals surface area contributed by atoms with Crippen LogP contribution >= 0.6 is 24.0 Å². The van der Waals surface area contributed by atoms with Gasteiger partial charge in [0.2, 0.25) is 5.91 Å². The molecule has 0 spiro atoms. The van der Waals surface area contributed by atoms with Gasteiger partial charge in [0.1, 0.15) is 4.32 Å². The Labute approximate surface area is 176 Å². The molecule has 2 aromatic rings. The van der Waals surface area contributed by atoms with Gasteiger partial charge in [-0.25, -0.2) is 0 Å². The number of carbonyl (C=O) groups excluding carboxylic acids is 1. The van der Waals surface area contributed by atoms with Crippen molar-refractivity contribution < 1.29 is 14.3 Å². The minimum absolute atomic E-state index is 0.0952. The van der Waals surface area contributed by atoms with Crippen LogP contribution in [0.5, 0.6) is 11.5 Å². The van der Waals surface area contributed by atoms with Gasteiger partial charge in [-0.2, -0.15) is 0 Å². The average Bonchev–Trinajstić information content (AvgIpc) is 2.96. The number of benzene rings is 2. The number of amides is 1. The van der Waals surface area contributed by atoms with Gasteiger partial charge in [-0.05, 0) is 49.9 Å². The molecule has 0 aromatic heterocycles. The molecule has 6 heteroatoms. The summed E-state index contributed by atoms with van der Waals surface area (Å²) in [6.45, 7) is 5.67. The lowest BCUT2D eigenvalue weighted by atomic mass is 10.1. The van der Waals surface area contributed by atoms with Crippen LogP contribution in [0, 0.1) is 0 Å². The first-order valence-corrected chi connectivity index (χ1v) is 10.9. The summed E-state index contributed by atoms with van der Waals surface area (Å²) >= 11 is 6.95. The topological polar surface area (TPSA) is 38.8 Å². The lowest BCUT2D eigenvalue weighted by Gasteiger charge is -2.16. The third kappa shape index (κ3) is 5.06. The van der Waals surface area contributed by atoms with Crippen molar-refractivity contribution in [2.45, 2.75) is 31.9 Å². The largest absolute Gasteiger partial charge is 0.490 e. The van der Waals surface area contributed by atoms with Gasteiger partial charge < -0.3 is 9.47 Å². The molecule has 1 amide bonds. The standard InChI is InChI=1S/C22H25NO3S2/c1-3-25-18-11-10-17(14-19(18)26-4-2)15-20-21(24)23(22(27)28-20)13-12-16-8-6-5-7-9-16/h5-11,14,20H,3-4,12-13,15H2,1-2H3/t20-/m0/s1. The Kier molecular flexibility index (Phi) is 7.34. The Hall–Kier alpha value is -2.05. The number of thioether (sulfide) groups is 1. The monoisotopic (exact) mass is 415 g/mol. The fourth-order valence-electron chi connectivity index (χ4n) is 3.15. The van der Waals surface area contributed by atoms with Crippen molar-refractivity contribution in [1.29, 1.82) is 0 Å². The Morgan fingerprint density at radius 3 is 2.43 bits per heavy atom. The number of thiocarbonyl (C=S) groups is 1. The van der Waals surface area contributed by atoms with Crippen LogP contribution < -0.4 is 9.47 Å². The number of hydrogen-bond acceptors (Lipinski definition) is 5.